The first-order chi connectivity index (χ1) is 15.3. The molecule has 1 saturated heterocycles. The van der Waals surface area contributed by atoms with Gasteiger partial charge in [-0.05, 0) is 37.3 Å². The third-order valence-corrected chi connectivity index (χ3v) is 6.34. The average molecular weight is 448 g/mol. The highest BCUT2D eigenvalue weighted by Gasteiger charge is 2.47. The predicted octanol–water partition coefficient (Wildman–Crippen LogP) is 3.82. The van der Waals surface area contributed by atoms with E-state index in [0.29, 0.717) is 5.69 Å². The fraction of sp³-hybridized carbons (Fsp3) is 0.476. The van der Waals surface area contributed by atoms with Crippen molar-refractivity contribution >= 4 is 11.7 Å². The van der Waals surface area contributed by atoms with Crippen molar-refractivity contribution in [3.8, 4) is 0 Å². The summed E-state index contributed by atoms with van der Waals surface area (Å²) in [5, 5.41) is 3.94. The Hall–Kier alpha value is -3.11. The molecule has 0 aromatic carbocycles. The van der Waals surface area contributed by atoms with Crippen LogP contribution in [-0.2, 0) is 5.67 Å². The number of alkyl halides is 3. The maximum Gasteiger partial charge on any atom is 0.280 e. The second kappa shape index (κ2) is 7.49. The van der Waals surface area contributed by atoms with E-state index in [2.05, 4.69) is 20.1 Å². The zero-order chi connectivity index (χ0) is 22.6. The summed E-state index contributed by atoms with van der Waals surface area (Å²) >= 11 is 0. The molecular formula is C21H20F4N6O. The monoisotopic (exact) mass is 448 g/mol. The maximum atomic E-state index is 16.5. The number of pyridine rings is 1. The largest absolute Gasteiger partial charge is 0.335 e. The highest BCUT2D eigenvalue weighted by atomic mass is 19.3. The van der Waals surface area contributed by atoms with Gasteiger partial charge in [-0.15, -0.1) is 0 Å². The van der Waals surface area contributed by atoms with Crippen LogP contribution < -0.4 is 0 Å². The summed E-state index contributed by atoms with van der Waals surface area (Å²) in [7, 11) is 0. The van der Waals surface area contributed by atoms with E-state index in [4.69, 9.17) is 0 Å². The van der Waals surface area contributed by atoms with Gasteiger partial charge in [-0.1, -0.05) is 6.92 Å². The van der Waals surface area contributed by atoms with Crippen molar-refractivity contribution in [2.24, 2.45) is 5.92 Å². The van der Waals surface area contributed by atoms with E-state index in [0.717, 1.165) is 35.9 Å². The Labute approximate surface area is 180 Å². The minimum Gasteiger partial charge on any atom is -0.335 e. The van der Waals surface area contributed by atoms with E-state index in [1.165, 1.54) is 11.0 Å². The summed E-state index contributed by atoms with van der Waals surface area (Å²) in [6.45, 7) is 1.42. The first-order valence-corrected chi connectivity index (χ1v) is 10.4. The molecule has 0 spiro atoms. The Morgan fingerprint density at radius 3 is 2.72 bits per heavy atom. The number of likely N-dealkylation sites (tertiary alicyclic amines) is 1. The first-order valence-electron chi connectivity index (χ1n) is 10.4. The number of halogens is 4. The van der Waals surface area contributed by atoms with Gasteiger partial charge in [0, 0.05) is 18.2 Å². The number of hydrogen-bond acceptors (Lipinski definition) is 5. The standard InChI is InChI=1S/C21H20F4N6O/c1-11-4-5-30(19(32)13-6-15(12-2-3-12)26-8-14(13)22)9-21(11,25)17-7-16(18(23)24)29-20-27-10-28-31(17)20/h6-8,10-12,18H,2-5,9H2,1H3/t11-,21?/m1/s1. The smallest absolute Gasteiger partial charge is 0.280 e. The van der Waals surface area contributed by atoms with Gasteiger partial charge in [0.25, 0.3) is 18.1 Å². The van der Waals surface area contributed by atoms with Crippen molar-refractivity contribution in [2.75, 3.05) is 13.1 Å². The molecule has 4 heterocycles. The van der Waals surface area contributed by atoms with Crippen molar-refractivity contribution in [1.29, 1.82) is 0 Å². The Kier molecular flexibility index (Phi) is 4.86. The van der Waals surface area contributed by atoms with Gasteiger partial charge in [0.15, 0.2) is 11.5 Å². The lowest BCUT2D eigenvalue weighted by Crippen LogP contribution is -2.51. The highest BCUT2D eigenvalue weighted by molar-refractivity contribution is 5.94. The second-order valence-corrected chi connectivity index (χ2v) is 8.48. The van der Waals surface area contributed by atoms with E-state index in [1.807, 2.05) is 0 Å². The number of fused-ring (bicyclic) bond motifs is 1. The number of piperidine rings is 1. The SMILES string of the molecule is C[C@@H]1CCN(C(=O)c2cc(C3CC3)ncc2F)CC1(F)c1cc(C(F)F)nc2ncnn12. The van der Waals surface area contributed by atoms with Crippen LogP contribution in [0, 0.1) is 11.7 Å². The molecule has 1 aliphatic carbocycles. The maximum absolute atomic E-state index is 16.5. The lowest BCUT2D eigenvalue weighted by atomic mass is 9.81. The Morgan fingerprint density at radius 2 is 2.00 bits per heavy atom. The Morgan fingerprint density at radius 1 is 1.22 bits per heavy atom. The molecule has 2 fully saturated rings. The van der Waals surface area contributed by atoms with Crippen LogP contribution >= 0.6 is 0 Å². The van der Waals surface area contributed by atoms with Crippen LogP contribution in [0.25, 0.3) is 5.78 Å². The minimum absolute atomic E-state index is 0.153. The fourth-order valence-electron chi connectivity index (χ4n) is 4.23. The number of hydrogen-bond donors (Lipinski definition) is 0. The zero-order valence-electron chi connectivity index (χ0n) is 17.2. The molecule has 0 N–H and O–H groups in total. The number of nitrogens with zero attached hydrogens (tertiary/aromatic N) is 6. The molecule has 2 atom stereocenters. The molecule has 1 saturated carbocycles. The molecule has 0 bridgehead atoms. The number of amides is 1. The van der Waals surface area contributed by atoms with Crippen molar-refractivity contribution in [2.45, 2.75) is 44.2 Å². The summed E-state index contributed by atoms with van der Waals surface area (Å²) in [5.41, 5.74) is -2.51. The van der Waals surface area contributed by atoms with Crippen LogP contribution in [0.5, 0.6) is 0 Å². The van der Waals surface area contributed by atoms with Gasteiger partial charge < -0.3 is 4.90 Å². The normalized spacial score (nSPS) is 23.8. The molecule has 7 nitrogen and oxygen atoms in total. The molecule has 1 unspecified atom stereocenters. The quantitative estimate of drug-likeness (QED) is 0.568. The summed E-state index contributed by atoms with van der Waals surface area (Å²) in [6.07, 6.45) is 1.32. The molecule has 2 aliphatic rings. The molecule has 1 amide bonds. The van der Waals surface area contributed by atoms with Crippen molar-refractivity contribution in [3.05, 3.63) is 53.1 Å². The van der Waals surface area contributed by atoms with E-state index in [9.17, 15) is 18.0 Å². The Bertz CT molecular complexity index is 1200. The van der Waals surface area contributed by atoms with E-state index >= 15 is 4.39 Å². The van der Waals surface area contributed by atoms with Crippen molar-refractivity contribution in [1.82, 2.24) is 29.5 Å². The first kappa shape index (κ1) is 20.8. The van der Waals surface area contributed by atoms with Crippen LogP contribution in [0.15, 0.2) is 24.7 Å². The molecule has 32 heavy (non-hydrogen) atoms. The number of rotatable bonds is 4. The van der Waals surface area contributed by atoms with Crippen molar-refractivity contribution < 1.29 is 22.4 Å². The van der Waals surface area contributed by atoms with Gasteiger partial charge in [0.1, 0.15) is 12.0 Å². The summed E-state index contributed by atoms with van der Waals surface area (Å²) < 4.78 is 58.8. The van der Waals surface area contributed by atoms with E-state index in [1.54, 1.807) is 6.92 Å². The van der Waals surface area contributed by atoms with Crippen molar-refractivity contribution in [3.63, 3.8) is 0 Å². The van der Waals surface area contributed by atoms with Crippen LogP contribution in [0.2, 0.25) is 0 Å². The molecule has 11 heteroatoms. The number of carbonyl (C=O) groups is 1. The van der Waals surface area contributed by atoms with Crippen LogP contribution in [0.3, 0.4) is 0 Å². The Balaban J connectivity index is 1.52. The number of aromatic nitrogens is 5. The van der Waals surface area contributed by atoms with Crippen LogP contribution in [0.4, 0.5) is 17.6 Å². The molecule has 3 aromatic rings. The lowest BCUT2D eigenvalue weighted by molar-refractivity contribution is -0.00597. The summed E-state index contributed by atoms with van der Waals surface area (Å²) in [5.74, 6) is -1.98. The summed E-state index contributed by atoms with van der Waals surface area (Å²) in [6, 6.07) is 2.40. The third-order valence-electron chi connectivity index (χ3n) is 6.34. The molecule has 0 radical (unpaired) electrons. The van der Waals surface area contributed by atoms with Gasteiger partial charge in [0.2, 0.25) is 0 Å². The zero-order valence-corrected chi connectivity index (χ0v) is 17.2. The van der Waals surface area contributed by atoms with Crippen LogP contribution in [0.1, 0.15) is 66.0 Å². The van der Waals surface area contributed by atoms with Gasteiger partial charge >= 0.3 is 0 Å². The predicted molar refractivity (Wildman–Crippen MR) is 104 cm³/mol. The van der Waals surface area contributed by atoms with Gasteiger partial charge in [-0.25, -0.2) is 22.5 Å². The number of carbonyl (C=O) groups excluding carboxylic acids is 1. The fourth-order valence-corrected chi connectivity index (χ4v) is 4.23. The summed E-state index contributed by atoms with van der Waals surface area (Å²) in [4.78, 5) is 26.0. The lowest BCUT2D eigenvalue weighted by Gasteiger charge is -2.42. The van der Waals surface area contributed by atoms with E-state index in [-0.39, 0.29) is 35.9 Å². The molecule has 1 aliphatic heterocycles. The highest BCUT2D eigenvalue weighted by Crippen LogP contribution is 2.42. The van der Waals surface area contributed by atoms with Gasteiger partial charge in [0.05, 0.1) is 24.0 Å². The van der Waals surface area contributed by atoms with E-state index < -0.39 is 42.0 Å². The molecule has 168 valence electrons. The van der Waals surface area contributed by atoms with Gasteiger partial charge in [-0.2, -0.15) is 14.6 Å². The van der Waals surface area contributed by atoms with Gasteiger partial charge in [-0.3, -0.25) is 9.78 Å². The van der Waals surface area contributed by atoms with Crippen LogP contribution in [-0.4, -0.2) is 48.5 Å². The third kappa shape index (κ3) is 3.39. The molecule has 3 aromatic heterocycles. The topological polar surface area (TPSA) is 76.3 Å². The minimum atomic E-state index is -2.93. The second-order valence-electron chi connectivity index (χ2n) is 8.48. The molecular weight excluding hydrogens is 428 g/mol. The average Bonchev–Trinajstić information content (AvgIpc) is 3.51. The molecule has 5 rings (SSSR count).